The highest BCUT2D eigenvalue weighted by atomic mass is 16.5. The lowest BCUT2D eigenvalue weighted by Gasteiger charge is -2.38. The largest absolute Gasteiger partial charge is 0.461 e. The van der Waals surface area contributed by atoms with E-state index in [1.165, 1.54) is 0 Å². The zero-order chi connectivity index (χ0) is 22.9. The Morgan fingerprint density at radius 1 is 1.19 bits per heavy atom. The van der Waals surface area contributed by atoms with E-state index in [9.17, 15) is 14.4 Å². The minimum Gasteiger partial charge on any atom is -0.461 e. The average Bonchev–Trinajstić information content (AvgIpc) is 2.96. The summed E-state index contributed by atoms with van der Waals surface area (Å²) in [7, 11) is 0. The van der Waals surface area contributed by atoms with Crippen LogP contribution in [0.15, 0.2) is 18.2 Å². The summed E-state index contributed by atoms with van der Waals surface area (Å²) in [6, 6.07) is 3.93. The lowest BCUT2D eigenvalue weighted by Crippen LogP contribution is -2.48. The Bertz CT molecular complexity index is 910. The maximum absolute atomic E-state index is 13.4. The van der Waals surface area contributed by atoms with E-state index in [1.807, 2.05) is 13.8 Å². The van der Waals surface area contributed by atoms with Crippen LogP contribution in [-0.4, -0.2) is 34.8 Å². The number of ether oxygens (including phenoxy) is 1. The average molecular weight is 424 g/mol. The van der Waals surface area contributed by atoms with E-state index in [2.05, 4.69) is 26.7 Å². The standard InChI is InChI=1S/C26H33NO4/c1-7-18-9-8-10-20-23(18)25(29)27(24(20)28)21(13-15(2)3)26(30)31-22-14-17(6)11-12-19(22)16(4)5/h1,8-10,15-17,19,21-22H,11-14H2,2-6H3/t17-,19+,21-,22-/m0/s1. The number of hydrogen-bond acceptors (Lipinski definition) is 4. The van der Waals surface area contributed by atoms with Gasteiger partial charge in [-0.1, -0.05) is 53.0 Å². The molecule has 5 nitrogen and oxygen atoms in total. The van der Waals surface area contributed by atoms with Gasteiger partial charge in [-0.3, -0.25) is 14.5 Å². The Hall–Kier alpha value is -2.61. The van der Waals surface area contributed by atoms with Crippen LogP contribution >= 0.6 is 0 Å². The number of esters is 1. The molecule has 0 bridgehead atoms. The van der Waals surface area contributed by atoms with Gasteiger partial charge in [-0.2, -0.15) is 0 Å². The fourth-order valence-corrected chi connectivity index (χ4v) is 4.94. The van der Waals surface area contributed by atoms with Crippen LogP contribution in [0.2, 0.25) is 0 Å². The van der Waals surface area contributed by atoms with E-state index in [1.54, 1.807) is 18.2 Å². The third-order valence-corrected chi connectivity index (χ3v) is 6.61. The molecule has 0 spiro atoms. The van der Waals surface area contributed by atoms with Gasteiger partial charge in [0.2, 0.25) is 0 Å². The van der Waals surface area contributed by atoms with Crippen molar-refractivity contribution >= 4 is 17.8 Å². The van der Waals surface area contributed by atoms with Crippen molar-refractivity contribution in [3.63, 3.8) is 0 Å². The molecule has 1 fully saturated rings. The molecular formula is C26H33NO4. The SMILES string of the molecule is C#Cc1cccc2c1C(=O)N([C@@H](CC(C)C)C(=O)O[C@H]1C[C@@H](C)CC[C@@H]1C(C)C)C2=O. The van der Waals surface area contributed by atoms with Crippen LogP contribution in [0.3, 0.4) is 0 Å². The van der Waals surface area contributed by atoms with Crippen LogP contribution in [-0.2, 0) is 9.53 Å². The number of imide groups is 1. The summed E-state index contributed by atoms with van der Waals surface area (Å²) in [6.07, 6.45) is 8.66. The van der Waals surface area contributed by atoms with Crippen LogP contribution in [0.5, 0.6) is 0 Å². The number of benzene rings is 1. The van der Waals surface area contributed by atoms with Crippen molar-refractivity contribution in [2.45, 2.75) is 72.4 Å². The van der Waals surface area contributed by atoms with Gasteiger partial charge in [0.15, 0.2) is 0 Å². The Morgan fingerprint density at radius 2 is 1.90 bits per heavy atom. The summed E-state index contributed by atoms with van der Waals surface area (Å²) in [6.45, 7) is 10.4. The summed E-state index contributed by atoms with van der Waals surface area (Å²) in [5.74, 6) is 2.27. The summed E-state index contributed by atoms with van der Waals surface area (Å²) >= 11 is 0. The number of fused-ring (bicyclic) bond motifs is 1. The fraction of sp³-hybridized carbons (Fsp3) is 0.577. The zero-order valence-electron chi connectivity index (χ0n) is 19.2. The maximum Gasteiger partial charge on any atom is 0.329 e. The molecule has 3 rings (SSSR count). The summed E-state index contributed by atoms with van der Waals surface area (Å²) in [5.41, 5.74) is 0.840. The summed E-state index contributed by atoms with van der Waals surface area (Å²) < 4.78 is 6.04. The normalized spacial score (nSPS) is 24.3. The van der Waals surface area contributed by atoms with Gasteiger partial charge in [-0.25, -0.2) is 4.79 Å². The summed E-state index contributed by atoms with van der Waals surface area (Å²) in [5, 5.41) is 0. The van der Waals surface area contributed by atoms with E-state index in [0.29, 0.717) is 23.8 Å². The Balaban J connectivity index is 1.90. The number of nitrogens with zero attached hydrogens (tertiary/aromatic N) is 1. The molecule has 0 aromatic heterocycles. The Morgan fingerprint density at radius 3 is 2.52 bits per heavy atom. The molecule has 1 aromatic carbocycles. The second-order valence-electron chi connectivity index (χ2n) is 9.80. The van der Waals surface area contributed by atoms with E-state index < -0.39 is 23.8 Å². The van der Waals surface area contributed by atoms with Crippen molar-refractivity contribution < 1.29 is 19.1 Å². The van der Waals surface area contributed by atoms with Gasteiger partial charge in [0.05, 0.1) is 11.1 Å². The lowest BCUT2D eigenvalue weighted by atomic mass is 9.75. The number of carbonyl (C=O) groups excluding carboxylic acids is 3. The first-order valence-electron chi connectivity index (χ1n) is 11.3. The first kappa shape index (κ1) is 23.1. The molecule has 1 saturated carbocycles. The second-order valence-corrected chi connectivity index (χ2v) is 9.80. The smallest absolute Gasteiger partial charge is 0.329 e. The topological polar surface area (TPSA) is 63.7 Å². The molecule has 31 heavy (non-hydrogen) atoms. The predicted octanol–water partition coefficient (Wildman–Crippen LogP) is 4.68. The predicted molar refractivity (Wildman–Crippen MR) is 119 cm³/mol. The van der Waals surface area contributed by atoms with Crippen LogP contribution in [0, 0.1) is 36.0 Å². The molecule has 0 unspecified atom stereocenters. The number of amides is 2. The monoisotopic (exact) mass is 423 g/mol. The number of terminal acetylenes is 1. The van der Waals surface area contributed by atoms with Crippen molar-refractivity contribution in [1.82, 2.24) is 4.90 Å². The van der Waals surface area contributed by atoms with Crippen molar-refractivity contribution in [3.05, 3.63) is 34.9 Å². The molecule has 2 aliphatic rings. The van der Waals surface area contributed by atoms with Gasteiger partial charge in [-0.05, 0) is 55.1 Å². The van der Waals surface area contributed by atoms with Crippen molar-refractivity contribution in [2.24, 2.45) is 23.7 Å². The van der Waals surface area contributed by atoms with Crippen LogP contribution < -0.4 is 0 Å². The molecule has 0 radical (unpaired) electrons. The minimum atomic E-state index is -0.955. The molecule has 5 heteroatoms. The number of rotatable bonds is 6. The van der Waals surface area contributed by atoms with E-state index in [4.69, 9.17) is 11.2 Å². The molecule has 1 aromatic rings. The van der Waals surface area contributed by atoms with Gasteiger partial charge in [0.25, 0.3) is 11.8 Å². The van der Waals surface area contributed by atoms with E-state index in [0.717, 1.165) is 24.2 Å². The van der Waals surface area contributed by atoms with Gasteiger partial charge < -0.3 is 4.74 Å². The Labute approximate surface area is 185 Å². The molecule has 2 amide bonds. The molecule has 1 aliphatic heterocycles. The van der Waals surface area contributed by atoms with Crippen LogP contribution in [0.25, 0.3) is 0 Å². The highest BCUT2D eigenvalue weighted by Crippen LogP contribution is 2.36. The van der Waals surface area contributed by atoms with Crippen molar-refractivity contribution in [3.8, 4) is 12.3 Å². The first-order valence-corrected chi connectivity index (χ1v) is 11.3. The third kappa shape index (κ3) is 4.54. The Kier molecular flexibility index (Phi) is 6.89. The van der Waals surface area contributed by atoms with Crippen molar-refractivity contribution in [1.29, 1.82) is 0 Å². The highest BCUT2D eigenvalue weighted by Gasteiger charge is 2.46. The maximum atomic E-state index is 13.4. The van der Waals surface area contributed by atoms with Crippen LogP contribution in [0.1, 0.15) is 86.6 Å². The number of carbonyl (C=O) groups is 3. The molecule has 0 saturated heterocycles. The minimum absolute atomic E-state index is 0.0974. The molecule has 1 heterocycles. The molecule has 0 N–H and O–H groups in total. The quantitative estimate of drug-likeness (QED) is 0.379. The summed E-state index contributed by atoms with van der Waals surface area (Å²) in [4.78, 5) is 40.9. The molecule has 166 valence electrons. The third-order valence-electron chi connectivity index (χ3n) is 6.61. The molecular weight excluding hydrogens is 390 g/mol. The number of hydrogen-bond donors (Lipinski definition) is 0. The first-order chi connectivity index (χ1) is 14.6. The van der Waals surface area contributed by atoms with Gasteiger partial charge in [-0.15, -0.1) is 6.42 Å². The van der Waals surface area contributed by atoms with E-state index in [-0.39, 0.29) is 29.1 Å². The second kappa shape index (κ2) is 9.26. The van der Waals surface area contributed by atoms with E-state index >= 15 is 0 Å². The van der Waals surface area contributed by atoms with Gasteiger partial charge in [0, 0.05) is 5.56 Å². The van der Waals surface area contributed by atoms with Gasteiger partial charge >= 0.3 is 5.97 Å². The molecule has 1 aliphatic carbocycles. The molecule has 4 atom stereocenters. The highest BCUT2D eigenvalue weighted by molar-refractivity contribution is 6.23. The van der Waals surface area contributed by atoms with Crippen LogP contribution in [0.4, 0.5) is 0 Å². The fourth-order valence-electron chi connectivity index (χ4n) is 4.94. The van der Waals surface area contributed by atoms with Crippen molar-refractivity contribution in [2.75, 3.05) is 0 Å². The van der Waals surface area contributed by atoms with Gasteiger partial charge in [0.1, 0.15) is 12.1 Å². The lowest BCUT2D eigenvalue weighted by molar-refractivity contribution is -0.161. The zero-order valence-corrected chi connectivity index (χ0v) is 19.2.